The van der Waals surface area contributed by atoms with Crippen molar-refractivity contribution in [2.24, 2.45) is 5.92 Å². The highest BCUT2D eigenvalue weighted by atomic mass is 31.2. The minimum absolute atomic E-state index is 0.0379. The predicted molar refractivity (Wildman–Crippen MR) is 86.4 cm³/mol. The van der Waals surface area contributed by atoms with Crippen molar-refractivity contribution < 1.29 is 33.1 Å². The van der Waals surface area contributed by atoms with Crippen molar-refractivity contribution in [3.8, 4) is 0 Å². The van der Waals surface area contributed by atoms with Gasteiger partial charge in [0.15, 0.2) is 0 Å². The summed E-state index contributed by atoms with van der Waals surface area (Å²) in [6.45, 7) is 7.75. The molecule has 0 aromatic heterocycles. The molecule has 2 fully saturated rings. The third kappa shape index (κ3) is 5.77. The van der Waals surface area contributed by atoms with Crippen molar-refractivity contribution in [1.29, 1.82) is 0 Å². The highest BCUT2D eigenvalue weighted by Gasteiger charge is 2.38. The SMILES string of the molecule is CC[C@H]1C[C@H](O)[C@@H](COP(=O)([O-])O[C@H]2C[C@H](C)O[C@@H]2CC(C)C)O1. The van der Waals surface area contributed by atoms with Gasteiger partial charge in [-0.25, -0.2) is 0 Å². The van der Waals surface area contributed by atoms with E-state index in [1.165, 1.54) is 0 Å². The zero-order valence-electron chi connectivity index (χ0n) is 14.9. The van der Waals surface area contributed by atoms with Gasteiger partial charge in [-0.2, -0.15) is 0 Å². The van der Waals surface area contributed by atoms with Gasteiger partial charge in [-0.15, -0.1) is 0 Å². The number of phosphoric acid groups is 1. The molecule has 0 bridgehead atoms. The lowest BCUT2D eigenvalue weighted by Gasteiger charge is -2.30. The summed E-state index contributed by atoms with van der Waals surface area (Å²) in [6, 6.07) is 0. The second-order valence-corrected chi connectivity index (χ2v) is 8.61. The monoisotopic (exact) mass is 365 g/mol. The molecule has 2 aliphatic heterocycles. The van der Waals surface area contributed by atoms with Crippen LogP contribution >= 0.6 is 7.82 Å². The maximum atomic E-state index is 12.1. The summed E-state index contributed by atoms with van der Waals surface area (Å²) in [5, 5.41) is 9.89. The van der Waals surface area contributed by atoms with E-state index in [0.717, 1.165) is 12.8 Å². The average molecular weight is 365 g/mol. The Labute approximate surface area is 144 Å². The Morgan fingerprint density at radius 2 is 2.00 bits per heavy atom. The molecule has 8 heteroatoms. The average Bonchev–Trinajstić information content (AvgIpc) is 2.98. The molecule has 2 rings (SSSR count). The molecule has 7 atom stereocenters. The normalized spacial score (nSPS) is 39.5. The smallest absolute Gasteiger partial charge is 0.268 e. The summed E-state index contributed by atoms with van der Waals surface area (Å²) in [5.41, 5.74) is 0. The van der Waals surface area contributed by atoms with Crippen LogP contribution < -0.4 is 4.89 Å². The van der Waals surface area contributed by atoms with Crippen LogP contribution in [-0.4, -0.2) is 48.3 Å². The molecule has 2 heterocycles. The number of aliphatic hydroxyl groups excluding tert-OH is 1. The maximum absolute atomic E-state index is 12.1. The first-order chi connectivity index (χ1) is 11.2. The third-order valence-corrected chi connectivity index (χ3v) is 5.50. The lowest BCUT2D eigenvalue weighted by atomic mass is 10.0. The summed E-state index contributed by atoms with van der Waals surface area (Å²) < 4.78 is 33.7. The van der Waals surface area contributed by atoms with Gasteiger partial charge in [-0.05, 0) is 25.7 Å². The fraction of sp³-hybridized carbons (Fsp3) is 1.00. The van der Waals surface area contributed by atoms with Crippen molar-refractivity contribution >= 4 is 7.82 Å². The summed E-state index contributed by atoms with van der Waals surface area (Å²) in [5.74, 6) is 0.381. The van der Waals surface area contributed by atoms with E-state index in [0.29, 0.717) is 18.8 Å². The Kier molecular flexibility index (Phi) is 7.26. The predicted octanol–water partition coefficient (Wildman–Crippen LogP) is 2.01. The molecule has 2 aliphatic rings. The molecule has 0 aliphatic carbocycles. The quantitative estimate of drug-likeness (QED) is 0.657. The van der Waals surface area contributed by atoms with E-state index < -0.39 is 26.1 Å². The van der Waals surface area contributed by atoms with Gasteiger partial charge < -0.3 is 28.5 Å². The number of hydrogen-bond acceptors (Lipinski definition) is 7. The van der Waals surface area contributed by atoms with Crippen LogP contribution in [0.5, 0.6) is 0 Å². The number of phosphoric ester groups is 1. The molecule has 0 aromatic rings. The Morgan fingerprint density at radius 3 is 2.58 bits per heavy atom. The zero-order chi connectivity index (χ0) is 17.9. The van der Waals surface area contributed by atoms with E-state index in [-0.39, 0.29) is 24.9 Å². The largest absolute Gasteiger partial charge is 0.756 e. The zero-order valence-corrected chi connectivity index (χ0v) is 15.8. The highest BCUT2D eigenvalue weighted by Crippen LogP contribution is 2.44. The third-order valence-electron chi connectivity index (χ3n) is 4.51. The Hall–Kier alpha value is -0.0100. The van der Waals surface area contributed by atoms with Crippen molar-refractivity contribution in [3.63, 3.8) is 0 Å². The molecule has 142 valence electrons. The van der Waals surface area contributed by atoms with Gasteiger partial charge in [0, 0.05) is 12.8 Å². The fourth-order valence-electron chi connectivity index (χ4n) is 3.29. The summed E-state index contributed by atoms with van der Waals surface area (Å²) in [7, 11) is -4.48. The first-order valence-corrected chi connectivity index (χ1v) is 10.3. The van der Waals surface area contributed by atoms with E-state index in [1.54, 1.807) is 0 Å². The summed E-state index contributed by atoms with van der Waals surface area (Å²) >= 11 is 0. The maximum Gasteiger partial charge on any atom is 0.268 e. The first kappa shape index (κ1) is 20.3. The van der Waals surface area contributed by atoms with Crippen LogP contribution in [0, 0.1) is 5.92 Å². The molecule has 0 spiro atoms. The van der Waals surface area contributed by atoms with Crippen LogP contribution in [0.15, 0.2) is 0 Å². The van der Waals surface area contributed by atoms with Crippen LogP contribution in [0.4, 0.5) is 0 Å². The standard InChI is InChI=1S/C16H31O7P/c1-5-12-8-13(17)16(22-12)9-20-24(18,19)23-15-7-11(4)21-14(15)6-10(2)3/h10-17H,5-9H2,1-4H3,(H,18,19)/p-1/t11-,12-,13-,14+,15-,16+/m0/s1. The van der Waals surface area contributed by atoms with Gasteiger partial charge in [-0.3, -0.25) is 4.57 Å². The molecule has 0 amide bonds. The lowest BCUT2D eigenvalue weighted by Crippen LogP contribution is -2.30. The van der Waals surface area contributed by atoms with Gasteiger partial charge in [0.1, 0.15) is 6.10 Å². The molecular formula is C16H30O7P-. The Bertz CT molecular complexity index is 444. The van der Waals surface area contributed by atoms with Gasteiger partial charge >= 0.3 is 0 Å². The van der Waals surface area contributed by atoms with E-state index in [4.69, 9.17) is 18.5 Å². The molecule has 2 saturated heterocycles. The molecular weight excluding hydrogens is 335 g/mol. The van der Waals surface area contributed by atoms with Crippen LogP contribution in [-0.2, 0) is 23.1 Å². The first-order valence-electron chi connectivity index (χ1n) is 8.83. The van der Waals surface area contributed by atoms with Crippen LogP contribution in [0.2, 0.25) is 0 Å². The highest BCUT2D eigenvalue weighted by molar-refractivity contribution is 7.45. The van der Waals surface area contributed by atoms with Crippen molar-refractivity contribution in [1.82, 2.24) is 0 Å². The van der Waals surface area contributed by atoms with Crippen LogP contribution in [0.25, 0.3) is 0 Å². The Balaban J connectivity index is 1.85. The number of ether oxygens (including phenoxy) is 2. The molecule has 1 unspecified atom stereocenters. The topological polar surface area (TPSA) is 97.3 Å². The minimum atomic E-state index is -4.48. The van der Waals surface area contributed by atoms with Gasteiger partial charge in [0.05, 0.1) is 37.1 Å². The van der Waals surface area contributed by atoms with Crippen molar-refractivity contribution in [2.75, 3.05) is 6.61 Å². The van der Waals surface area contributed by atoms with Crippen molar-refractivity contribution in [3.05, 3.63) is 0 Å². The lowest BCUT2D eigenvalue weighted by molar-refractivity contribution is -0.233. The molecule has 0 radical (unpaired) electrons. The molecule has 7 nitrogen and oxygen atoms in total. The number of hydrogen-bond donors (Lipinski definition) is 1. The van der Waals surface area contributed by atoms with E-state index >= 15 is 0 Å². The second-order valence-electron chi connectivity index (χ2n) is 7.25. The van der Waals surface area contributed by atoms with Gasteiger partial charge in [0.25, 0.3) is 7.82 Å². The van der Waals surface area contributed by atoms with E-state index in [2.05, 4.69) is 13.8 Å². The Morgan fingerprint density at radius 1 is 1.29 bits per heavy atom. The molecule has 24 heavy (non-hydrogen) atoms. The van der Waals surface area contributed by atoms with Crippen LogP contribution in [0.3, 0.4) is 0 Å². The molecule has 0 saturated carbocycles. The van der Waals surface area contributed by atoms with Gasteiger partial charge in [0.2, 0.25) is 0 Å². The van der Waals surface area contributed by atoms with E-state index in [1.807, 2.05) is 13.8 Å². The fourth-order valence-corrected chi connectivity index (χ4v) is 4.24. The summed E-state index contributed by atoms with van der Waals surface area (Å²) in [6.07, 6.45) is 0.318. The summed E-state index contributed by atoms with van der Waals surface area (Å²) in [4.78, 5) is 12.1. The van der Waals surface area contributed by atoms with Gasteiger partial charge in [-0.1, -0.05) is 20.8 Å². The molecule has 0 aromatic carbocycles. The van der Waals surface area contributed by atoms with Crippen LogP contribution in [0.1, 0.15) is 53.4 Å². The van der Waals surface area contributed by atoms with E-state index in [9.17, 15) is 14.6 Å². The number of aliphatic hydroxyl groups is 1. The molecule has 1 N–H and O–H groups in total. The van der Waals surface area contributed by atoms with Crippen molar-refractivity contribution in [2.45, 2.75) is 90.0 Å². The number of rotatable bonds is 8. The second kappa shape index (κ2) is 8.58. The minimum Gasteiger partial charge on any atom is -0.756 e.